The van der Waals surface area contributed by atoms with E-state index in [1.807, 2.05) is 36.4 Å². The zero-order valence-electron chi connectivity index (χ0n) is 17.5. The maximum absolute atomic E-state index is 13.1. The molecule has 5 nitrogen and oxygen atoms in total. The van der Waals surface area contributed by atoms with Gasteiger partial charge >= 0.3 is 6.03 Å². The van der Waals surface area contributed by atoms with E-state index >= 15 is 0 Å². The summed E-state index contributed by atoms with van der Waals surface area (Å²) in [5.74, 6) is -0.282. The standard InChI is InChI=1S/C24H28N2O3/c1-5-6-17-7-9-19(10-8-17)21(27)15-26-22(28)24(4,25-23(26)29)20-13-11-18(12-14-20)16(2)3/h7-14,16H,5-6,15H2,1-4H3,(H,25,29)/t24-/m1/s1. The van der Waals surface area contributed by atoms with Gasteiger partial charge in [0, 0.05) is 5.56 Å². The van der Waals surface area contributed by atoms with E-state index in [2.05, 4.69) is 26.1 Å². The Balaban J connectivity index is 1.76. The van der Waals surface area contributed by atoms with Gasteiger partial charge in [0.1, 0.15) is 5.54 Å². The highest BCUT2D eigenvalue weighted by Gasteiger charge is 2.49. The summed E-state index contributed by atoms with van der Waals surface area (Å²) >= 11 is 0. The molecule has 3 rings (SSSR count). The van der Waals surface area contributed by atoms with E-state index in [1.54, 1.807) is 19.1 Å². The molecule has 29 heavy (non-hydrogen) atoms. The first-order valence-corrected chi connectivity index (χ1v) is 10.1. The monoisotopic (exact) mass is 392 g/mol. The van der Waals surface area contributed by atoms with Gasteiger partial charge in [-0.3, -0.25) is 14.5 Å². The van der Waals surface area contributed by atoms with Crippen molar-refractivity contribution in [2.75, 3.05) is 6.54 Å². The zero-order valence-corrected chi connectivity index (χ0v) is 17.5. The van der Waals surface area contributed by atoms with Crippen molar-refractivity contribution in [3.8, 4) is 0 Å². The lowest BCUT2D eigenvalue weighted by Crippen LogP contribution is -2.41. The Labute approximate surface area is 172 Å². The summed E-state index contributed by atoms with van der Waals surface area (Å²) in [4.78, 5) is 39.2. The van der Waals surface area contributed by atoms with E-state index in [-0.39, 0.29) is 12.3 Å². The molecule has 0 aliphatic carbocycles. The van der Waals surface area contributed by atoms with Gasteiger partial charge in [0.15, 0.2) is 5.78 Å². The van der Waals surface area contributed by atoms with E-state index in [0.29, 0.717) is 17.0 Å². The van der Waals surface area contributed by atoms with Gasteiger partial charge in [-0.15, -0.1) is 0 Å². The Hall–Kier alpha value is -2.95. The van der Waals surface area contributed by atoms with Crippen molar-refractivity contribution < 1.29 is 14.4 Å². The molecule has 0 radical (unpaired) electrons. The highest BCUT2D eigenvalue weighted by Crippen LogP contribution is 2.30. The molecule has 1 fully saturated rings. The van der Waals surface area contributed by atoms with Crippen LogP contribution in [-0.2, 0) is 16.8 Å². The lowest BCUT2D eigenvalue weighted by Gasteiger charge is -2.22. The Morgan fingerprint density at radius 1 is 1.03 bits per heavy atom. The van der Waals surface area contributed by atoms with Crippen LogP contribution in [0.1, 0.15) is 67.1 Å². The molecule has 1 saturated heterocycles. The number of urea groups is 1. The van der Waals surface area contributed by atoms with Gasteiger partial charge in [0.05, 0.1) is 6.54 Å². The van der Waals surface area contributed by atoms with Crippen molar-refractivity contribution in [2.45, 2.75) is 52.0 Å². The number of carbonyl (C=O) groups is 3. The van der Waals surface area contributed by atoms with Crippen LogP contribution < -0.4 is 5.32 Å². The molecule has 1 aliphatic rings. The number of rotatable bonds is 7. The average Bonchev–Trinajstić information content (AvgIpc) is 2.93. The molecule has 0 spiro atoms. The Morgan fingerprint density at radius 2 is 1.66 bits per heavy atom. The van der Waals surface area contributed by atoms with E-state index < -0.39 is 17.5 Å². The number of amides is 3. The smallest absolute Gasteiger partial charge is 0.319 e. The van der Waals surface area contributed by atoms with Crippen LogP contribution in [0.3, 0.4) is 0 Å². The summed E-state index contributed by atoms with van der Waals surface area (Å²) in [6, 6.07) is 14.5. The van der Waals surface area contributed by atoms with Crippen molar-refractivity contribution in [1.29, 1.82) is 0 Å². The Bertz CT molecular complexity index is 916. The first kappa shape index (κ1) is 20.8. The maximum Gasteiger partial charge on any atom is 0.325 e. The number of hydrogen-bond acceptors (Lipinski definition) is 3. The topological polar surface area (TPSA) is 66.5 Å². The molecule has 1 N–H and O–H groups in total. The molecule has 0 saturated carbocycles. The molecular formula is C24H28N2O3. The van der Waals surface area contributed by atoms with Crippen molar-refractivity contribution in [3.63, 3.8) is 0 Å². The first-order chi connectivity index (χ1) is 13.8. The van der Waals surface area contributed by atoms with Crippen LogP contribution in [0.2, 0.25) is 0 Å². The minimum Gasteiger partial charge on any atom is -0.319 e. The summed E-state index contributed by atoms with van der Waals surface area (Å²) in [5.41, 5.74) is 2.36. The lowest BCUT2D eigenvalue weighted by molar-refractivity contribution is -0.130. The van der Waals surface area contributed by atoms with Crippen LogP contribution in [0, 0.1) is 0 Å². The van der Waals surface area contributed by atoms with E-state index in [1.165, 1.54) is 0 Å². The molecular weight excluding hydrogens is 364 g/mol. The van der Waals surface area contributed by atoms with Crippen LogP contribution in [0.15, 0.2) is 48.5 Å². The third-order valence-corrected chi connectivity index (χ3v) is 5.55. The zero-order chi connectivity index (χ0) is 21.2. The number of nitrogens with zero attached hydrogens (tertiary/aromatic N) is 1. The number of hydrogen-bond donors (Lipinski definition) is 1. The van der Waals surface area contributed by atoms with E-state index in [9.17, 15) is 14.4 Å². The fourth-order valence-electron chi connectivity index (χ4n) is 3.62. The third kappa shape index (κ3) is 4.09. The molecule has 152 valence electrons. The number of Topliss-reactive ketones (excluding diaryl/α,β-unsaturated/α-hetero) is 1. The Morgan fingerprint density at radius 3 is 2.21 bits per heavy atom. The molecule has 0 bridgehead atoms. The summed E-state index contributed by atoms with van der Waals surface area (Å²) in [5, 5.41) is 2.76. The highest BCUT2D eigenvalue weighted by atomic mass is 16.2. The predicted octanol–water partition coefficient (Wildman–Crippen LogP) is 4.41. The number of benzene rings is 2. The van der Waals surface area contributed by atoms with Crippen LogP contribution in [0.5, 0.6) is 0 Å². The average molecular weight is 392 g/mol. The first-order valence-electron chi connectivity index (χ1n) is 10.1. The van der Waals surface area contributed by atoms with Gasteiger partial charge in [0.2, 0.25) is 0 Å². The summed E-state index contributed by atoms with van der Waals surface area (Å²) < 4.78 is 0. The molecule has 2 aromatic carbocycles. The molecule has 1 heterocycles. The highest BCUT2D eigenvalue weighted by molar-refractivity contribution is 6.11. The second kappa shape index (κ2) is 8.19. The van der Waals surface area contributed by atoms with Crippen molar-refractivity contribution >= 4 is 17.7 Å². The fourth-order valence-corrected chi connectivity index (χ4v) is 3.62. The maximum atomic E-state index is 13.1. The van der Waals surface area contributed by atoms with Gasteiger partial charge in [0.25, 0.3) is 5.91 Å². The van der Waals surface area contributed by atoms with E-state index in [4.69, 9.17) is 0 Å². The van der Waals surface area contributed by atoms with Gasteiger partial charge < -0.3 is 5.32 Å². The van der Waals surface area contributed by atoms with Crippen LogP contribution in [0.25, 0.3) is 0 Å². The van der Waals surface area contributed by atoms with Crippen molar-refractivity contribution in [2.24, 2.45) is 0 Å². The second-order valence-electron chi connectivity index (χ2n) is 8.09. The van der Waals surface area contributed by atoms with Gasteiger partial charge in [-0.1, -0.05) is 75.7 Å². The molecule has 1 aliphatic heterocycles. The third-order valence-electron chi connectivity index (χ3n) is 5.55. The molecule has 3 amide bonds. The number of imide groups is 1. The molecule has 1 atom stereocenters. The number of ketones is 1. The fraction of sp³-hybridized carbons (Fsp3) is 0.375. The minimum absolute atomic E-state index is 0.254. The van der Waals surface area contributed by atoms with E-state index in [0.717, 1.165) is 28.9 Å². The minimum atomic E-state index is -1.17. The van der Waals surface area contributed by atoms with Gasteiger partial charge in [-0.05, 0) is 36.0 Å². The predicted molar refractivity (Wildman–Crippen MR) is 113 cm³/mol. The number of nitrogens with one attached hydrogen (secondary N) is 1. The quantitative estimate of drug-likeness (QED) is 0.560. The number of aryl methyl sites for hydroxylation is 1. The van der Waals surface area contributed by atoms with Crippen LogP contribution in [0.4, 0.5) is 4.79 Å². The summed E-state index contributed by atoms with van der Waals surface area (Å²) in [7, 11) is 0. The molecule has 0 unspecified atom stereocenters. The van der Waals surface area contributed by atoms with Crippen molar-refractivity contribution in [3.05, 3.63) is 70.8 Å². The van der Waals surface area contributed by atoms with Gasteiger partial charge in [-0.2, -0.15) is 0 Å². The largest absolute Gasteiger partial charge is 0.325 e. The normalized spacial score (nSPS) is 19.0. The molecule has 0 aromatic heterocycles. The van der Waals surface area contributed by atoms with Crippen LogP contribution >= 0.6 is 0 Å². The number of carbonyl (C=O) groups excluding carboxylic acids is 3. The summed E-state index contributed by atoms with van der Waals surface area (Å²) in [6.07, 6.45) is 1.99. The van der Waals surface area contributed by atoms with Crippen molar-refractivity contribution in [1.82, 2.24) is 10.2 Å². The lowest BCUT2D eigenvalue weighted by atomic mass is 9.90. The van der Waals surface area contributed by atoms with Gasteiger partial charge in [-0.25, -0.2) is 4.79 Å². The van der Waals surface area contributed by atoms with Crippen LogP contribution in [-0.4, -0.2) is 29.2 Å². The SMILES string of the molecule is CCCc1ccc(C(=O)CN2C(=O)N[C@](C)(c3ccc(C(C)C)cc3)C2=O)cc1. The summed E-state index contributed by atoms with van der Waals surface area (Å²) in [6.45, 7) is 7.71. The Kier molecular flexibility index (Phi) is 5.87. The molecule has 5 heteroatoms. The molecule has 2 aromatic rings. The second-order valence-corrected chi connectivity index (χ2v) is 8.09.